The number of nitrogens with one attached hydrogen (secondary N) is 2. The Balaban J connectivity index is 2.04. The molecule has 2 amide bonds. The minimum Gasteiger partial charge on any atom is -0.350 e. The van der Waals surface area contributed by atoms with Crippen LogP contribution in [0.4, 0.5) is 0 Å². The molecule has 6 nitrogen and oxygen atoms in total. The van der Waals surface area contributed by atoms with Crippen LogP contribution in [0.15, 0.2) is 24.3 Å². The van der Waals surface area contributed by atoms with E-state index in [0.29, 0.717) is 17.5 Å². The number of carbonyl (C=O) groups excluding carboxylic acids is 2. The molecule has 1 aromatic carbocycles. The molecule has 2 N–H and O–H groups in total. The van der Waals surface area contributed by atoms with Crippen molar-refractivity contribution in [3.63, 3.8) is 0 Å². The van der Waals surface area contributed by atoms with Crippen LogP contribution >= 0.6 is 0 Å². The molecule has 0 radical (unpaired) electrons. The molecule has 1 aliphatic rings. The largest absolute Gasteiger partial charge is 0.350 e. The van der Waals surface area contributed by atoms with E-state index in [1.165, 1.54) is 6.07 Å². The van der Waals surface area contributed by atoms with Crippen LogP contribution in [0.3, 0.4) is 0 Å². The summed E-state index contributed by atoms with van der Waals surface area (Å²) in [5, 5.41) is 5.56. The smallest absolute Gasteiger partial charge is 0.251 e. The van der Waals surface area contributed by atoms with E-state index in [4.69, 9.17) is 0 Å². The normalized spacial score (nSPS) is 20.7. The molecule has 2 rings (SSSR count). The van der Waals surface area contributed by atoms with Gasteiger partial charge in [0, 0.05) is 23.2 Å². The summed E-state index contributed by atoms with van der Waals surface area (Å²) in [6.45, 7) is 3.89. The summed E-state index contributed by atoms with van der Waals surface area (Å²) in [6, 6.07) is 6.13. The maximum atomic E-state index is 12.2. The van der Waals surface area contributed by atoms with Crippen molar-refractivity contribution in [1.29, 1.82) is 0 Å². The predicted molar refractivity (Wildman–Crippen MR) is 88.2 cm³/mol. The number of amides is 2. The average molecular weight is 338 g/mol. The summed E-state index contributed by atoms with van der Waals surface area (Å²) in [6.07, 6.45) is 1.25. The second-order valence-corrected chi connectivity index (χ2v) is 8.17. The number of sulfone groups is 1. The molecule has 1 fully saturated rings. The molecule has 0 aliphatic carbocycles. The van der Waals surface area contributed by atoms with Crippen molar-refractivity contribution in [2.45, 2.75) is 38.8 Å². The maximum absolute atomic E-state index is 12.2. The third-order valence-electron chi connectivity index (χ3n) is 3.94. The lowest BCUT2D eigenvalue weighted by Gasteiger charge is -2.13. The summed E-state index contributed by atoms with van der Waals surface area (Å²) in [5.74, 6) is -0.495. The fourth-order valence-electron chi connectivity index (χ4n) is 2.39. The molecule has 126 valence electrons. The van der Waals surface area contributed by atoms with E-state index in [9.17, 15) is 18.0 Å². The number of benzene rings is 1. The molecule has 0 aromatic heterocycles. The highest BCUT2D eigenvalue weighted by Gasteiger charge is 2.29. The first-order valence-corrected chi connectivity index (χ1v) is 9.55. The monoisotopic (exact) mass is 338 g/mol. The number of hydrogen-bond donors (Lipinski definition) is 2. The molecule has 2 atom stereocenters. The van der Waals surface area contributed by atoms with Gasteiger partial charge in [-0.05, 0) is 38.0 Å². The van der Waals surface area contributed by atoms with Crippen LogP contribution in [0.1, 0.15) is 47.4 Å². The van der Waals surface area contributed by atoms with Gasteiger partial charge in [-0.1, -0.05) is 13.0 Å². The topological polar surface area (TPSA) is 92.3 Å². The van der Waals surface area contributed by atoms with Crippen molar-refractivity contribution >= 4 is 21.7 Å². The van der Waals surface area contributed by atoms with Crippen LogP contribution in [0.5, 0.6) is 0 Å². The van der Waals surface area contributed by atoms with Crippen molar-refractivity contribution in [2.75, 3.05) is 11.5 Å². The van der Waals surface area contributed by atoms with Crippen molar-refractivity contribution in [3.8, 4) is 0 Å². The Morgan fingerprint density at radius 3 is 2.48 bits per heavy atom. The van der Waals surface area contributed by atoms with Gasteiger partial charge in [-0.25, -0.2) is 8.42 Å². The van der Waals surface area contributed by atoms with E-state index in [1.54, 1.807) is 18.2 Å². The zero-order valence-electron chi connectivity index (χ0n) is 13.3. The van der Waals surface area contributed by atoms with Crippen LogP contribution < -0.4 is 10.6 Å². The van der Waals surface area contributed by atoms with Gasteiger partial charge in [-0.15, -0.1) is 0 Å². The molecule has 0 saturated carbocycles. The summed E-state index contributed by atoms with van der Waals surface area (Å²) in [5.41, 5.74) is 0.767. The molecule has 0 spiro atoms. The van der Waals surface area contributed by atoms with E-state index < -0.39 is 9.84 Å². The van der Waals surface area contributed by atoms with Gasteiger partial charge in [0.2, 0.25) is 0 Å². The maximum Gasteiger partial charge on any atom is 0.251 e. The van der Waals surface area contributed by atoms with Gasteiger partial charge in [0.1, 0.15) is 0 Å². The Hall–Kier alpha value is -1.89. The Morgan fingerprint density at radius 2 is 1.91 bits per heavy atom. The minimum absolute atomic E-state index is 0.0209. The quantitative estimate of drug-likeness (QED) is 0.842. The Morgan fingerprint density at radius 1 is 1.26 bits per heavy atom. The molecule has 1 heterocycles. The van der Waals surface area contributed by atoms with Crippen molar-refractivity contribution in [3.05, 3.63) is 35.4 Å². The van der Waals surface area contributed by atoms with Crippen molar-refractivity contribution in [1.82, 2.24) is 10.6 Å². The highest BCUT2D eigenvalue weighted by molar-refractivity contribution is 7.91. The first kappa shape index (κ1) is 17.5. The Bertz CT molecular complexity index is 700. The summed E-state index contributed by atoms with van der Waals surface area (Å²) < 4.78 is 22.9. The zero-order valence-corrected chi connectivity index (χ0v) is 14.2. The van der Waals surface area contributed by atoms with Crippen LogP contribution in [-0.4, -0.2) is 43.8 Å². The van der Waals surface area contributed by atoms with E-state index in [2.05, 4.69) is 10.6 Å². The molecule has 7 heteroatoms. The molecule has 1 aromatic rings. The lowest BCUT2D eigenvalue weighted by Crippen LogP contribution is -2.36. The van der Waals surface area contributed by atoms with Gasteiger partial charge < -0.3 is 10.6 Å². The molecular weight excluding hydrogens is 316 g/mol. The van der Waals surface area contributed by atoms with Crippen molar-refractivity contribution in [2.24, 2.45) is 0 Å². The van der Waals surface area contributed by atoms with Gasteiger partial charge in [-0.3, -0.25) is 9.59 Å². The Labute approximate surface area is 136 Å². The predicted octanol–water partition coefficient (Wildman–Crippen LogP) is 1.13. The number of hydrogen-bond acceptors (Lipinski definition) is 4. The number of carbonyl (C=O) groups is 2. The summed E-state index contributed by atoms with van der Waals surface area (Å²) in [4.78, 5) is 24.3. The highest BCUT2D eigenvalue weighted by Crippen LogP contribution is 2.13. The van der Waals surface area contributed by atoms with Gasteiger partial charge in [0.25, 0.3) is 11.8 Å². The first-order valence-electron chi connectivity index (χ1n) is 7.73. The van der Waals surface area contributed by atoms with Crippen LogP contribution in [0.2, 0.25) is 0 Å². The second kappa shape index (κ2) is 7.12. The number of rotatable bonds is 5. The van der Waals surface area contributed by atoms with Crippen LogP contribution in [-0.2, 0) is 9.84 Å². The third kappa shape index (κ3) is 4.79. The lowest BCUT2D eigenvalue weighted by atomic mass is 10.1. The van der Waals surface area contributed by atoms with Gasteiger partial charge >= 0.3 is 0 Å². The summed E-state index contributed by atoms with van der Waals surface area (Å²) in [7, 11) is -3.04. The minimum atomic E-state index is -3.04. The Kier molecular flexibility index (Phi) is 5.41. The third-order valence-corrected chi connectivity index (χ3v) is 5.71. The van der Waals surface area contributed by atoms with E-state index in [1.807, 2.05) is 13.8 Å². The van der Waals surface area contributed by atoms with Crippen LogP contribution in [0.25, 0.3) is 0 Å². The van der Waals surface area contributed by atoms with E-state index in [-0.39, 0.29) is 35.4 Å². The van der Waals surface area contributed by atoms with E-state index >= 15 is 0 Å². The van der Waals surface area contributed by atoms with E-state index in [0.717, 1.165) is 6.42 Å². The standard InChI is InChI=1S/C16H22N2O4S/c1-3-11(2)17-15(19)12-5-4-6-13(9-12)16(20)18-14-7-8-23(21,22)10-14/h4-6,9,11,14H,3,7-8,10H2,1-2H3,(H,17,19)(H,18,20). The average Bonchev–Trinajstić information content (AvgIpc) is 2.85. The van der Waals surface area contributed by atoms with Crippen LogP contribution in [0, 0.1) is 0 Å². The first-order chi connectivity index (χ1) is 10.8. The van der Waals surface area contributed by atoms with Gasteiger partial charge in [0.05, 0.1) is 11.5 Å². The van der Waals surface area contributed by atoms with Crippen molar-refractivity contribution < 1.29 is 18.0 Å². The molecular formula is C16H22N2O4S. The van der Waals surface area contributed by atoms with Gasteiger partial charge in [-0.2, -0.15) is 0 Å². The molecule has 1 aliphatic heterocycles. The molecule has 1 saturated heterocycles. The lowest BCUT2D eigenvalue weighted by molar-refractivity contribution is 0.0939. The SMILES string of the molecule is CCC(C)NC(=O)c1cccc(C(=O)NC2CCS(=O)(=O)C2)c1. The van der Waals surface area contributed by atoms with Gasteiger partial charge in [0.15, 0.2) is 9.84 Å². The molecule has 0 bridgehead atoms. The fraction of sp³-hybridized carbons (Fsp3) is 0.500. The summed E-state index contributed by atoms with van der Waals surface area (Å²) >= 11 is 0. The fourth-order valence-corrected chi connectivity index (χ4v) is 4.06. The highest BCUT2D eigenvalue weighted by atomic mass is 32.2. The molecule has 2 unspecified atom stereocenters. The molecule has 23 heavy (non-hydrogen) atoms. The second-order valence-electron chi connectivity index (χ2n) is 5.94. The zero-order chi connectivity index (χ0) is 17.0.